The van der Waals surface area contributed by atoms with Crippen LogP contribution in [0.2, 0.25) is 0 Å². The molecule has 28 heavy (non-hydrogen) atoms. The average molecular weight is 376 g/mol. The fourth-order valence-corrected chi connectivity index (χ4v) is 3.66. The Morgan fingerprint density at radius 1 is 1.04 bits per heavy atom. The highest BCUT2D eigenvalue weighted by Gasteiger charge is 2.29. The van der Waals surface area contributed by atoms with E-state index in [4.69, 9.17) is 0 Å². The summed E-state index contributed by atoms with van der Waals surface area (Å²) in [5.74, 6) is 0.0695. The van der Waals surface area contributed by atoms with Gasteiger partial charge in [-0.2, -0.15) is 0 Å². The molecule has 1 aliphatic heterocycles. The number of carbonyl (C=O) groups is 1. The first-order valence-electron chi connectivity index (χ1n) is 9.57. The summed E-state index contributed by atoms with van der Waals surface area (Å²) in [4.78, 5) is 17.6. The van der Waals surface area contributed by atoms with Gasteiger partial charge in [-0.05, 0) is 40.6 Å². The topological polar surface area (TPSA) is 67.2 Å². The number of anilines is 1. The number of piperazine rings is 1. The van der Waals surface area contributed by atoms with Crippen molar-refractivity contribution in [1.82, 2.24) is 25.1 Å². The number of tetrazole rings is 1. The number of nitrogens with zero attached hydrogens (tertiary/aromatic N) is 6. The monoisotopic (exact) mass is 376 g/mol. The Kier molecular flexibility index (Phi) is 5.32. The van der Waals surface area contributed by atoms with Crippen molar-refractivity contribution in [2.45, 2.75) is 19.4 Å². The van der Waals surface area contributed by atoms with Crippen LogP contribution in [0.3, 0.4) is 0 Å². The van der Waals surface area contributed by atoms with Crippen LogP contribution in [-0.2, 0) is 11.2 Å². The molecule has 1 fully saturated rings. The van der Waals surface area contributed by atoms with Crippen molar-refractivity contribution in [3.05, 3.63) is 72.1 Å². The fraction of sp³-hybridized carbons (Fsp3) is 0.333. The zero-order chi connectivity index (χ0) is 19.3. The molecule has 0 N–H and O–H groups in total. The second kappa shape index (κ2) is 8.21. The van der Waals surface area contributed by atoms with Crippen molar-refractivity contribution >= 4 is 11.6 Å². The largest absolute Gasteiger partial charge is 0.368 e. The number of carbonyl (C=O) groups excluding carboxylic acids is 1. The van der Waals surface area contributed by atoms with Crippen molar-refractivity contribution in [2.75, 3.05) is 31.1 Å². The molecule has 7 heteroatoms. The average Bonchev–Trinajstić information content (AvgIpc) is 3.27. The molecule has 1 atom stereocenters. The molecule has 0 unspecified atom stereocenters. The smallest absolute Gasteiger partial charge is 0.248 e. The van der Waals surface area contributed by atoms with Gasteiger partial charge in [0.25, 0.3) is 0 Å². The summed E-state index contributed by atoms with van der Waals surface area (Å²) in [5.41, 5.74) is 3.56. The highest BCUT2D eigenvalue weighted by atomic mass is 16.2. The molecule has 144 valence electrons. The van der Waals surface area contributed by atoms with E-state index in [2.05, 4.69) is 51.6 Å². The SMILES string of the molecule is Cc1cccc(N2CCN(C(=O)[C@@H](Cc3ccccc3)n3cnnn3)CC2)c1. The lowest BCUT2D eigenvalue weighted by atomic mass is 10.0. The van der Waals surface area contributed by atoms with Crippen LogP contribution in [0.25, 0.3) is 0 Å². The second-order valence-corrected chi connectivity index (χ2v) is 7.15. The Morgan fingerprint density at radius 2 is 1.82 bits per heavy atom. The number of hydrogen-bond acceptors (Lipinski definition) is 5. The molecule has 2 aromatic carbocycles. The third kappa shape index (κ3) is 4.03. The molecule has 1 amide bonds. The zero-order valence-electron chi connectivity index (χ0n) is 16.0. The molecule has 1 saturated heterocycles. The van der Waals surface area contributed by atoms with Crippen LogP contribution in [0, 0.1) is 6.92 Å². The summed E-state index contributed by atoms with van der Waals surface area (Å²) in [5, 5.41) is 11.4. The van der Waals surface area contributed by atoms with E-state index >= 15 is 0 Å². The van der Waals surface area contributed by atoms with Gasteiger partial charge < -0.3 is 9.80 Å². The van der Waals surface area contributed by atoms with E-state index in [1.165, 1.54) is 17.6 Å². The van der Waals surface area contributed by atoms with Gasteiger partial charge in [0.15, 0.2) is 0 Å². The van der Waals surface area contributed by atoms with E-state index in [9.17, 15) is 4.79 Å². The van der Waals surface area contributed by atoms with Gasteiger partial charge in [-0.3, -0.25) is 4.79 Å². The summed E-state index contributed by atoms with van der Waals surface area (Å²) >= 11 is 0. The Bertz CT molecular complexity index is 904. The van der Waals surface area contributed by atoms with Crippen molar-refractivity contribution in [3.8, 4) is 0 Å². The standard InChI is InChI=1S/C21H24N6O/c1-17-6-5-9-19(14-17)25-10-12-26(13-11-25)21(28)20(27-16-22-23-24-27)15-18-7-3-2-4-8-18/h2-9,14,16,20H,10-13,15H2,1H3/t20-/m1/s1. The van der Waals surface area contributed by atoms with Crippen molar-refractivity contribution in [1.29, 1.82) is 0 Å². The molecule has 4 rings (SSSR count). The number of aromatic nitrogens is 4. The van der Waals surface area contributed by atoms with Gasteiger partial charge in [-0.25, -0.2) is 4.68 Å². The predicted molar refractivity (Wildman–Crippen MR) is 107 cm³/mol. The maximum atomic E-state index is 13.3. The Labute approximate surface area is 164 Å². The van der Waals surface area contributed by atoms with Crippen LogP contribution in [0.1, 0.15) is 17.2 Å². The first kappa shape index (κ1) is 18.2. The van der Waals surface area contributed by atoms with Crippen LogP contribution in [0.5, 0.6) is 0 Å². The van der Waals surface area contributed by atoms with E-state index in [0.717, 1.165) is 18.7 Å². The zero-order valence-corrected chi connectivity index (χ0v) is 16.0. The lowest BCUT2D eigenvalue weighted by Gasteiger charge is -2.37. The minimum Gasteiger partial charge on any atom is -0.368 e. The lowest BCUT2D eigenvalue weighted by molar-refractivity contribution is -0.135. The number of amides is 1. The molecule has 7 nitrogen and oxygen atoms in total. The summed E-state index contributed by atoms with van der Waals surface area (Å²) in [6.07, 6.45) is 2.09. The van der Waals surface area contributed by atoms with Crippen LogP contribution in [0.4, 0.5) is 5.69 Å². The molecular weight excluding hydrogens is 352 g/mol. The summed E-state index contributed by atoms with van der Waals surface area (Å²) in [7, 11) is 0. The summed E-state index contributed by atoms with van der Waals surface area (Å²) in [6.45, 7) is 5.13. The molecule has 0 aliphatic carbocycles. The van der Waals surface area contributed by atoms with Gasteiger partial charge in [-0.1, -0.05) is 42.5 Å². The second-order valence-electron chi connectivity index (χ2n) is 7.15. The highest BCUT2D eigenvalue weighted by molar-refractivity contribution is 5.81. The minimum atomic E-state index is -0.428. The van der Waals surface area contributed by atoms with Gasteiger partial charge in [0, 0.05) is 38.3 Å². The Morgan fingerprint density at radius 3 is 2.50 bits per heavy atom. The number of rotatable bonds is 5. The third-order valence-electron chi connectivity index (χ3n) is 5.20. The first-order chi connectivity index (χ1) is 13.7. The predicted octanol–water partition coefficient (Wildman–Crippen LogP) is 2.11. The van der Waals surface area contributed by atoms with Gasteiger partial charge in [0.1, 0.15) is 12.4 Å². The van der Waals surface area contributed by atoms with Crippen LogP contribution in [-0.4, -0.2) is 57.2 Å². The Hall–Kier alpha value is -3.22. The highest BCUT2D eigenvalue weighted by Crippen LogP contribution is 2.21. The number of hydrogen-bond donors (Lipinski definition) is 0. The van der Waals surface area contributed by atoms with Gasteiger partial charge >= 0.3 is 0 Å². The molecule has 0 saturated carbocycles. The quantitative estimate of drug-likeness (QED) is 0.682. The third-order valence-corrected chi connectivity index (χ3v) is 5.20. The molecule has 0 bridgehead atoms. The van der Waals surface area contributed by atoms with E-state index in [1.807, 2.05) is 35.2 Å². The molecule has 1 aliphatic rings. The number of benzene rings is 2. The van der Waals surface area contributed by atoms with Crippen LogP contribution >= 0.6 is 0 Å². The first-order valence-corrected chi connectivity index (χ1v) is 9.57. The normalized spacial score (nSPS) is 15.5. The maximum absolute atomic E-state index is 13.3. The molecular formula is C21H24N6O. The Balaban J connectivity index is 1.46. The minimum absolute atomic E-state index is 0.0695. The molecule has 1 aromatic heterocycles. The van der Waals surface area contributed by atoms with E-state index < -0.39 is 6.04 Å². The van der Waals surface area contributed by atoms with E-state index in [1.54, 1.807) is 4.68 Å². The van der Waals surface area contributed by atoms with Gasteiger partial charge in [-0.15, -0.1) is 5.10 Å². The number of aryl methyl sites for hydroxylation is 1. The summed E-state index contributed by atoms with van der Waals surface area (Å²) in [6, 6.07) is 18.1. The summed E-state index contributed by atoms with van der Waals surface area (Å²) < 4.78 is 1.57. The van der Waals surface area contributed by atoms with Gasteiger partial charge in [0.2, 0.25) is 5.91 Å². The van der Waals surface area contributed by atoms with Crippen molar-refractivity contribution in [2.24, 2.45) is 0 Å². The van der Waals surface area contributed by atoms with Crippen LogP contribution < -0.4 is 4.90 Å². The lowest BCUT2D eigenvalue weighted by Crippen LogP contribution is -2.51. The fourth-order valence-electron chi connectivity index (χ4n) is 3.66. The molecule has 0 radical (unpaired) electrons. The van der Waals surface area contributed by atoms with Crippen molar-refractivity contribution in [3.63, 3.8) is 0 Å². The maximum Gasteiger partial charge on any atom is 0.248 e. The molecule has 0 spiro atoms. The van der Waals surface area contributed by atoms with Gasteiger partial charge in [0.05, 0.1) is 0 Å². The van der Waals surface area contributed by atoms with E-state index in [0.29, 0.717) is 19.5 Å². The molecule has 3 aromatic rings. The van der Waals surface area contributed by atoms with Crippen molar-refractivity contribution < 1.29 is 4.79 Å². The molecule has 2 heterocycles. The van der Waals surface area contributed by atoms with Crippen LogP contribution in [0.15, 0.2) is 60.9 Å². The van der Waals surface area contributed by atoms with E-state index in [-0.39, 0.29) is 5.91 Å².